The van der Waals surface area contributed by atoms with Crippen LogP contribution in [-0.2, 0) is 6.61 Å². The molecule has 0 unspecified atom stereocenters. The quantitative estimate of drug-likeness (QED) is 0.898. The van der Waals surface area contributed by atoms with E-state index in [1.54, 1.807) is 6.07 Å². The highest BCUT2D eigenvalue weighted by atomic mass is 19.1. The highest BCUT2D eigenvalue weighted by Crippen LogP contribution is 2.39. The highest BCUT2D eigenvalue weighted by Gasteiger charge is 2.28. The molecule has 1 aliphatic heterocycles. The van der Waals surface area contributed by atoms with Gasteiger partial charge < -0.3 is 19.9 Å². The number of benzene rings is 1. The van der Waals surface area contributed by atoms with Crippen LogP contribution in [0.5, 0.6) is 0 Å². The number of aliphatic hydroxyl groups excluding tert-OH is 1. The van der Waals surface area contributed by atoms with E-state index < -0.39 is 0 Å². The first-order valence-corrected chi connectivity index (χ1v) is 8.13. The fourth-order valence-electron chi connectivity index (χ4n) is 3.43. The van der Waals surface area contributed by atoms with E-state index in [4.69, 9.17) is 0 Å². The number of aliphatic hydroxyl groups is 1. The molecule has 2 fully saturated rings. The lowest BCUT2D eigenvalue weighted by atomic mass is 10.1. The molecule has 4 rings (SSSR count). The summed E-state index contributed by atoms with van der Waals surface area (Å²) in [7, 11) is 0. The van der Waals surface area contributed by atoms with Crippen molar-refractivity contribution in [2.45, 2.75) is 25.5 Å². The molecule has 2 aromatic rings. The topological polar surface area (TPSA) is 57.5 Å². The zero-order chi connectivity index (χ0) is 16.0. The molecule has 0 bridgehead atoms. The molecule has 23 heavy (non-hydrogen) atoms. The zero-order valence-corrected chi connectivity index (χ0v) is 12.9. The van der Waals surface area contributed by atoms with Crippen LogP contribution in [0.2, 0.25) is 0 Å². The van der Waals surface area contributed by atoms with Crippen molar-refractivity contribution in [1.82, 2.24) is 9.88 Å². The number of halogens is 1. The van der Waals surface area contributed by atoms with Gasteiger partial charge in [0.25, 0.3) is 0 Å². The Kier molecular flexibility index (Phi) is 3.58. The third kappa shape index (κ3) is 2.52. The van der Waals surface area contributed by atoms with Crippen LogP contribution in [0.1, 0.15) is 24.6 Å². The number of hydrogen-bond donors (Lipinski definition) is 2. The Morgan fingerprint density at radius 3 is 2.61 bits per heavy atom. The minimum Gasteiger partial charge on any atom is -0.390 e. The molecule has 0 atom stereocenters. The molecular formula is C17H20FN3O2. The van der Waals surface area contributed by atoms with Gasteiger partial charge in [0.1, 0.15) is 5.82 Å². The number of rotatable bonds is 3. The third-order valence-corrected chi connectivity index (χ3v) is 4.73. The maximum absolute atomic E-state index is 14.6. The maximum atomic E-state index is 14.6. The highest BCUT2D eigenvalue weighted by molar-refractivity contribution is 5.84. The Hall–Kier alpha value is -1.92. The van der Waals surface area contributed by atoms with Crippen molar-refractivity contribution in [2.24, 2.45) is 0 Å². The summed E-state index contributed by atoms with van der Waals surface area (Å²) in [6, 6.07) is 4.88. The zero-order valence-electron chi connectivity index (χ0n) is 12.9. The number of nitrogens with one attached hydrogen (secondary N) is 1. The molecular weight excluding hydrogens is 297 g/mol. The van der Waals surface area contributed by atoms with Crippen molar-refractivity contribution in [3.05, 3.63) is 39.9 Å². The molecule has 5 nitrogen and oxygen atoms in total. The van der Waals surface area contributed by atoms with Crippen LogP contribution in [0.25, 0.3) is 10.9 Å². The van der Waals surface area contributed by atoms with Crippen LogP contribution in [-0.4, -0.2) is 35.9 Å². The Morgan fingerprint density at radius 2 is 1.96 bits per heavy atom. The first-order valence-electron chi connectivity index (χ1n) is 8.13. The van der Waals surface area contributed by atoms with Gasteiger partial charge in [0.2, 0.25) is 0 Å². The molecule has 1 aromatic carbocycles. The summed E-state index contributed by atoms with van der Waals surface area (Å²) in [4.78, 5) is 14.3. The molecule has 1 aromatic heterocycles. The number of anilines is 1. The number of nitrogens with zero attached hydrogens (tertiary/aromatic N) is 2. The summed E-state index contributed by atoms with van der Waals surface area (Å²) in [6.07, 6.45) is 2.07. The van der Waals surface area contributed by atoms with Crippen LogP contribution < -0.4 is 15.6 Å². The second kappa shape index (κ2) is 5.62. The molecule has 122 valence electrons. The van der Waals surface area contributed by atoms with E-state index in [0.717, 1.165) is 44.5 Å². The van der Waals surface area contributed by atoms with Gasteiger partial charge in [0.15, 0.2) is 5.43 Å². The molecule has 0 radical (unpaired) electrons. The maximum Gasteiger partial charge on any atom is 0.189 e. The number of fused-ring (bicyclic) bond motifs is 1. The fourth-order valence-corrected chi connectivity index (χ4v) is 3.43. The van der Waals surface area contributed by atoms with Crippen molar-refractivity contribution in [3.8, 4) is 0 Å². The van der Waals surface area contributed by atoms with Crippen molar-refractivity contribution in [3.63, 3.8) is 0 Å². The molecule has 1 saturated heterocycles. The summed E-state index contributed by atoms with van der Waals surface area (Å²) in [5, 5.41) is 13.2. The normalized spacial score (nSPS) is 18.6. The first-order chi connectivity index (χ1) is 11.2. The predicted octanol–water partition coefficient (Wildman–Crippen LogP) is 1.38. The van der Waals surface area contributed by atoms with Crippen LogP contribution >= 0.6 is 0 Å². The van der Waals surface area contributed by atoms with E-state index in [9.17, 15) is 14.3 Å². The minimum absolute atomic E-state index is 0.179. The summed E-state index contributed by atoms with van der Waals surface area (Å²) < 4.78 is 16.6. The van der Waals surface area contributed by atoms with Gasteiger partial charge in [0, 0.05) is 49.4 Å². The van der Waals surface area contributed by atoms with Gasteiger partial charge in [-0.3, -0.25) is 4.79 Å². The number of aromatic nitrogens is 1. The summed E-state index contributed by atoms with van der Waals surface area (Å²) in [6.45, 7) is 2.96. The van der Waals surface area contributed by atoms with E-state index >= 15 is 0 Å². The molecule has 0 amide bonds. The van der Waals surface area contributed by atoms with Crippen molar-refractivity contribution in [2.75, 3.05) is 31.1 Å². The monoisotopic (exact) mass is 317 g/mol. The van der Waals surface area contributed by atoms with Crippen LogP contribution in [0.4, 0.5) is 10.1 Å². The smallest absolute Gasteiger partial charge is 0.189 e. The van der Waals surface area contributed by atoms with Gasteiger partial charge in [0.05, 0.1) is 17.8 Å². The Bertz CT molecular complexity index is 808. The largest absolute Gasteiger partial charge is 0.390 e. The molecule has 2 aliphatic rings. The molecule has 1 saturated carbocycles. The average Bonchev–Trinajstić information content (AvgIpc) is 3.40. The van der Waals surface area contributed by atoms with E-state index in [-0.39, 0.29) is 17.9 Å². The minimum atomic E-state index is -0.351. The van der Waals surface area contributed by atoms with Crippen LogP contribution in [0.3, 0.4) is 0 Å². The average molecular weight is 317 g/mol. The molecule has 0 spiro atoms. The third-order valence-electron chi connectivity index (χ3n) is 4.73. The SMILES string of the molecule is O=c1cc(CO)n(C2CC2)c2cc(N3CCNCC3)c(F)cc12. The van der Waals surface area contributed by atoms with Gasteiger partial charge in [-0.25, -0.2) is 4.39 Å². The van der Waals surface area contributed by atoms with Gasteiger partial charge in [-0.2, -0.15) is 0 Å². The Labute approximate surface area is 133 Å². The standard InChI is InChI=1S/C17H20FN3O2/c18-14-8-13-15(9-16(14)20-5-3-19-4-6-20)21(11-1-2-11)12(10-22)7-17(13)23/h7-9,11,19,22H,1-6,10H2. The summed E-state index contributed by atoms with van der Waals surface area (Å²) in [5.41, 5.74) is 1.66. The molecule has 2 N–H and O–H groups in total. The van der Waals surface area contributed by atoms with E-state index in [1.165, 1.54) is 12.1 Å². The molecule has 1 aliphatic carbocycles. The summed E-state index contributed by atoms with van der Waals surface area (Å²) >= 11 is 0. The lowest BCUT2D eigenvalue weighted by molar-refractivity contribution is 0.270. The molecule has 6 heteroatoms. The fraction of sp³-hybridized carbons (Fsp3) is 0.471. The first kappa shape index (κ1) is 14.7. The van der Waals surface area contributed by atoms with Gasteiger partial charge in [-0.1, -0.05) is 0 Å². The van der Waals surface area contributed by atoms with Gasteiger partial charge in [-0.05, 0) is 25.0 Å². The van der Waals surface area contributed by atoms with Gasteiger partial charge in [-0.15, -0.1) is 0 Å². The second-order valence-corrected chi connectivity index (χ2v) is 6.32. The lowest BCUT2D eigenvalue weighted by Gasteiger charge is -2.30. The van der Waals surface area contributed by atoms with Crippen molar-refractivity contribution >= 4 is 16.6 Å². The number of piperazine rings is 1. The van der Waals surface area contributed by atoms with Crippen molar-refractivity contribution in [1.29, 1.82) is 0 Å². The van der Waals surface area contributed by atoms with Crippen molar-refractivity contribution < 1.29 is 9.50 Å². The van der Waals surface area contributed by atoms with Crippen LogP contribution in [0, 0.1) is 5.82 Å². The second-order valence-electron chi connectivity index (χ2n) is 6.32. The van der Waals surface area contributed by atoms with E-state index in [2.05, 4.69) is 5.32 Å². The van der Waals surface area contributed by atoms with E-state index in [0.29, 0.717) is 22.8 Å². The predicted molar refractivity (Wildman–Crippen MR) is 87.4 cm³/mol. The van der Waals surface area contributed by atoms with Crippen LogP contribution in [0.15, 0.2) is 23.0 Å². The van der Waals surface area contributed by atoms with E-state index in [1.807, 2.05) is 9.47 Å². The summed E-state index contributed by atoms with van der Waals surface area (Å²) in [5.74, 6) is -0.351. The lowest BCUT2D eigenvalue weighted by Crippen LogP contribution is -2.43. The number of pyridine rings is 1. The molecule has 2 heterocycles. The number of hydrogen-bond acceptors (Lipinski definition) is 4. The Morgan fingerprint density at radius 1 is 1.22 bits per heavy atom. The van der Waals surface area contributed by atoms with Gasteiger partial charge >= 0.3 is 0 Å². The Balaban J connectivity index is 1.94.